The standard InChI is InChI=1S/C16H24N4O3/c21-16(14-2-1-9-23-14)19-13-3-4-15(18-12-13)17-5-6-20-7-10-22-11-8-20/h3-4,12,14H,1-2,5-11H2,(H,17,18)(H,19,21). The number of amides is 1. The highest BCUT2D eigenvalue weighted by molar-refractivity contribution is 5.94. The quantitative estimate of drug-likeness (QED) is 0.812. The van der Waals surface area contributed by atoms with Crippen molar-refractivity contribution in [1.29, 1.82) is 0 Å². The Bertz CT molecular complexity index is 497. The van der Waals surface area contributed by atoms with Crippen LogP contribution in [-0.2, 0) is 14.3 Å². The molecule has 0 aliphatic carbocycles. The molecular formula is C16H24N4O3. The minimum Gasteiger partial charge on any atom is -0.379 e. The maximum absolute atomic E-state index is 12.0. The number of ether oxygens (including phenoxy) is 2. The van der Waals surface area contributed by atoms with E-state index in [4.69, 9.17) is 9.47 Å². The zero-order chi connectivity index (χ0) is 15.9. The van der Waals surface area contributed by atoms with Gasteiger partial charge in [0, 0.05) is 32.8 Å². The Morgan fingerprint density at radius 3 is 2.87 bits per heavy atom. The first-order valence-electron chi connectivity index (χ1n) is 8.24. The van der Waals surface area contributed by atoms with Crippen molar-refractivity contribution < 1.29 is 14.3 Å². The van der Waals surface area contributed by atoms with Gasteiger partial charge >= 0.3 is 0 Å². The van der Waals surface area contributed by atoms with Crippen molar-refractivity contribution in [2.75, 3.05) is 56.6 Å². The third-order valence-electron chi connectivity index (χ3n) is 4.09. The van der Waals surface area contributed by atoms with Gasteiger partial charge in [-0.25, -0.2) is 4.98 Å². The molecule has 0 bridgehead atoms. The van der Waals surface area contributed by atoms with Crippen molar-refractivity contribution in [3.8, 4) is 0 Å². The van der Waals surface area contributed by atoms with Crippen LogP contribution in [0.5, 0.6) is 0 Å². The van der Waals surface area contributed by atoms with E-state index in [1.54, 1.807) is 6.20 Å². The van der Waals surface area contributed by atoms with Crippen LogP contribution in [0.25, 0.3) is 0 Å². The van der Waals surface area contributed by atoms with Gasteiger partial charge in [0.1, 0.15) is 11.9 Å². The summed E-state index contributed by atoms with van der Waals surface area (Å²) in [5.41, 5.74) is 0.698. The summed E-state index contributed by atoms with van der Waals surface area (Å²) < 4.78 is 10.7. The number of carbonyl (C=O) groups is 1. The normalized spacial score (nSPS) is 22.0. The van der Waals surface area contributed by atoms with Gasteiger partial charge in [-0.05, 0) is 25.0 Å². The van der Waals surface area contributed by atoms with Gasteiger partial charge in [-0.3, -0.25) is 9.69 Å². The van der Waals surface area contributed by atoms with Crippen LogP contribution in [0.2, 0.25) is 0 Å². The fraction of sp³-hybridized carbons (Fsp3) is 0.625. The van der Waals surface area contributed by atoms with Gasteiger partial charge in [0.25, 0.3) is 5.91 Å². The van der Waals surface area contributed by atoms with Gasteiger partial charge in [0.15, 0.2) is 0 Å². The maximum atomic E-state index is 12.0. The van der Waals surface area contributed by atoms with Crippen LogP contribution in [0.1, 0.15) is 12.8 Å². The molecule has 23 heavy (non-hydrogen) atoms. The molecule has 0 radical (unpaired) electrons. The largest absolute Gasteiger partial charge is 0.379 e. The number of hydrogen-bond donors (Lipinski definition) is 2. The molecule has 1 amide bonds. The van der Waals surface area contributed by atoms with Crippen LogP contribution in [0, 0.1) is 0 Å². The maximum Gasteiger partial charge on any atom is 0.253 e. The molecule has 2 aliphatic heterocycles. The van der Waals surface area contributed by atoms with Gasteiger partial charge in [0.2, 0.25) is 0 Å². The summed E-state index contributed by atoms with van der Waals surface area (Å²) in [6, 6.07) is 3.74. The molecule has 1 aromatic rings. The molecule has 1 aromatic heterocycles. The van der Waals surface area contributed by atoms with Crippen molar-refractivity contribution >= 4 is 17.4 Å². The van der Waals surface area contributed by atoms with Crippen LogP contribution in [0.3, 0.4) is 0 Å². The lowest BCUT2D eigenvalue weighted by Gasteiger charge is -2.26. The summed E-state index contributed by atoms with van der Waals surface area (Å²) in [6.45, 7) is 6.10. The second-order valence-electron chi connectivity index (χ2n) is 5.80. The molecule has 0 spiro atoms. The van der Waals surface area contributed by atoms with E-state index in [2.05, 4.69) is 20.5 Å². The van der Waals surface area contributed by atoms with Crippen molar-refractivity contribution in [1.82, 2.24) is 9.88 Å². The predicted molar refractivity (Wildman–Crippen MR) is 87.6 cm³/mol. The topological polar surface area (TPSA) is 75.7 Å². The zero-order valence-corrected chi connectivity index (χ0v) is 13.3. The molecule has 2 fully saturated rings. The van der Waals surface area contributed by atoms with Gasteiger partial charge in [-0.2, -0.15) is 0 Å². The van der Waals surface area contributed by atoms with Crippen molar-refractivity contribution in [3.63, 3.8) is 0 Å². The number of morpholine rings is 1. The minimum absolute atomic E-state index is 0.0858. The number of hydrogen-bond acceptors (Lipinski definition) is 6. The lowest BCUT2D eigenvalue weighted by Crippen LogP contribution is -2.39. The van der Waals surface area contributed by atoms with E-state index < -0.39 is 0 Å². The average molecular weight is 320 g/mol. The number of carbonyl (C=O) groups excluding carboxylic acids is 1. The second-order valence-corrected chi connectivity index (χ2v) is 5.80. The number of pyridine rings is 1. The highest BCUT2D eigenvalue weighted by Crippen LogP contribution is 2.15. The van der Waals surface area contributed by atoms with Crippen molar-refractivity contribution in [3.05, 3.63) is 18.3 Å². The number of aromatic nitrogens is 1. The number of nitrogens with zero attached hydrogens (tertiary/aromatic N) is 2. The molecule has 0 aromatic carbocycles. The van der Waals surface area contributed by atoms with Crippen molar-refractivity contribution in [2.45, 2.75) is 18.9 Å². The van der Waals surface area contributed by atoms with Crippen LogP contribution >= 0.6 is 0 Å². The number of rotatable bonds is 6. The summed E-state index contributed by atoms with van der Waals surface area (Å²) in [5, 5.41) is 6.14. The summed E-state index contributed by atoms with van der Waals surface area (Å²) in [5.74, 6) is 0.728. The Morgan fingerprint density at radius 1 is 1.30 bits per heavy atom. The van der Waals surface area contributed by atoms with E-state index in [0.717, 1.165) is 58.1 Å². The van der Waals surface area contributed by atoms with E-state index in [-0.39, 0.29) is 12.0 Å². The lowest BCUT2D eigenvalue weighted by atomic mass is 10.2. The third-order valence-corrected chi connectivity index (χ3v) is 4.09. The van der Waals surface area contributed by atoms with Crippen LogP contribution in [0.4, 0.5) is 11.5 Å². The van der Waals surface area contributed by atoms with E-state index >= 15 is 0 Å². The Kier molecular flexibility index (Phi) is 5.79. The molecule has 0 saturated carbocycles. The summed E-state index contributed by atoms with van der Waals surface area (Å²) in [6.07, 6.45) is 3.09. The molecule has 126 valence electrons. The summed E-state index contributed by atoms with van der Waals surface area (Å²) >= 11 is 0. The molecule has 1 unspecified atom stereocenters. The third kappa shape index (κ3) is 4.89. The van der Waals surface area contributed by atoms with E-state index in [1.165, 1.54) is 0 Å². The van der Waals surface area contributed by atoms with Crippen LogP contribution in [-0.4, -0.2) is 67.9 Å². The summed E-state index contributed by atoms with van der Waals surface area (Å²) in [4.78, 5) is 18.7. The highest BCUT2D eigenvalue weighted by Gasteiger charge is 2.23. The Balaban J connectivity index is 1.40. The predicted octanol–water partition coefficient (Wildman–Crippen LogP) is 0.943. The van der Waals surface area contributed by atoms with Gasteiger partial charge < -0.3 is 20.1 Å². The molecule has 1 atom stereocenters. The first kappa shape index (κ1) is 16.2. The first-order chi connectivity index (χ1) is 11.3. The SMILES string of the molecule is O=C(Nc1ccc(NCCN2CCOCC2)nc1)C1CCCO1. The first-order valence-corrected chi connectivity index (χ1v) is 8.24. The highest BCUT2D eigenvalue weighted by atomic mass is 16.5. The molecular weight excluding hydrogens is 296 g/mol. The van der Waals surface area contributed by atoms with E-state index in [9.17, 15) is 4.79 Å². The Hall–Kier alpha value is -1.70. The number of nitrogens with one attached hydrogen (secondary N) is 2. The molecule has 2 saturated heterocycles. The molecule has 3 rings (SSSR count). The van der Waals surface area contributed by atoms with Gasteiger partial charge in [0.05, 0.1) is 25.1 Å². The van der Waals surface area contributed by atoms with Crippen molar-refractivity contribution in [2.24, 2.45) is 0 Å². The molecule has 3 heterocycles. The number of anilines is 2. The van der Waals surface area contributed by atoms with Crippen LogP contribution in [0.15, 0.2) is 18.3 Å². The van der Waals surface area contributed by atoms with Gasteiger partial charge in [-0.1, -0.05) is 0 Å². The molecule has 2 aliphatic rings. The van der Waals surface area contributed by atoms with Crippen LogP contribution < -0.4 is 10.6 Å². The Morgan fingerprint density at radius 2 is 2.17 bits per heavy atom. The lowest BCUT2D eigenvalue weighted by molar-refractivity contribution is -0.124. The van der Waals surface area contributed by atoms with E-state index in [0.29, 0.717) is 12.3 Å². The Labute approximate surface area is 136 Å². The monoisotopic (exact) mass is 320 g/mol. The zero-order valence-electron chi connectivity index (χ0n) is 13.3. The fourth-order valence-electron chi connectivity index (χ4n) is 2.75. The van der Waals surface area contributed by atoms with E-state index in [1.807, 2.05) is 12.1 Å². The smallest absolute Gasteiger partial charge is 0.253 e. The fourth-order valence-corrected chi connectivity index (χ4v) is 2.75. The average Bonchev–Trinajstić information content (AvgIpc) is 3.12. The minimum atomic E-state index is -0.318. The molecule has 2 N–H and O–H groups in total. The second kappa shape index (κ2) is 8.24. The molecule has 7 heteroatoms. The molecule has 7 nitrogen and oxygen atoms in total. The summed E-state index contributed by atoms with van der Waals surface area (Å²) in [7, 11) is 0. The van der Waals surface area contributed by atoms with Gasteiger partial charge in [-0.15, -0.1) is 0 Å².